The van der Waals surface area contributed by atoms with Crippen LogP contribution in [0.15, 0.2) is 4.79 Å². The molecule has 1 aliphatic rings. The molecule has 1 N–H and O–H groups in total. The third kappa shape index (κ3) is 3.22. The molecule has 25 heavy (non-hydrogen) atoms. The third-order valence-corrected chi connectivity index (χ3v) is 6.02. The van der Waals surface area contributed by atoms with Crippen molar-refractivity contribution in [3.63, 3.8) is 0 Å². The van der Waals surface area contributed by atoms with Gasteiger partial charge in [0.1, 0.15) is 16.7 Å². The van der Waals surface area contributed by atoms with E-state index in [0.717, 1.165) is 29.7 Å². The number of carbonyl (C=O) groups is 1. The first-order valence-corrected chi connectivity index (χ1v) is 9.58. The van der Waals surface area contributed by atoms with E-state index in [-0.39, 0.29) is 5.56 Å². The lowest BCUT2D eigenvalue weighted by Gasteiger charge is -2.21. The molecule has 0 saturated heterocycles. The number of hydrogen-bond donors (Lipinski definition) is 1. The van der Waals surface area contributed by atoms with E-state index in [0.29, 0.717) is 30.1 Å². The first kappa shape index (κ1) is 18.1. The van der Waals surface area contributed by atoms with Gasteiger partial charge in [-0.25, -0.2) is 9.78 Å². The van der Waals surface area contributed by atoms with Crippen molar-refractivity contribution in [3.05, 3.63) is 26.6 Å². The summed E-state index contributed by atoms with van der Waals surface area (Å²) in [7, 11) is 3.78. The fourth-order valence-electron chi connectivity index (χ4n) is 3.63. The molecular formula is C18H25N3O3S. The van der Waals surface area contributed by atoms with Gasteiger partial charge >= 0.3 is 5.97 Å². The van der Waals surface area contributed by atoms with Gasteiger partial charge in [-0.05, 0) is 51.3 Å². The van der Waals surface area contributed by atoms with Crippen LogP contribution in [-0.4, -0.2) is 39.6 Å². The summed E-state index contributed by atoms with van der Waals surface area (Å²) in [5.74, 6) is 0.165. The normalized spacial score (nSPS) is 18.5. The Morgan fingerprint density at radius 2 is 2.20 bits per heavy atom. The molecule has 1 aliphatic carbocycles. The van der Waals surface area contributed by atoms with Crippen molar-refractivity contribution in [3.8, 4) is 0 Å². The number of hydrogen-bond acceptors (Lipinski definition) is 5. The maximum atomic E-state index is 13.3. The molecule has 2 heterocycles. The van der Waals surface area contributed by atoms with Crippen LogP contribution in [0.5, 0.6) is 0 Å². The molecule has 0 saturated carbocycles. The van der Waals surface area contributed by atoms with Crippen LogP contribution in [0.2, 0.25) is 0 Å². The van der Waals surface area contributed by atoms with E-state index in [9.17, 15) is 14.7 Å². The van der Waals surface area contributed by atoms with Crippen LogP contribution in [0, 0.1) is 5.92 Å². The minimum atomic E-state index is -0.983. The number of carboxylic acids is 1. The van der Waals surface area contributed by atoms with Gasteiger partial charge in [-0.3, -0.25) is 9.36 Å². The van der Waals surface area contributed by atoms with Crippen molar-refractivity contribution in [2.45, 2.75) is 52.1 Å². The monoisotopic (exact) mass is 363 g/mol. The molecule has 0 aliphatic heterocycles. The number of nitrogens with zero attached hydrogens (tertiary/aromatic N) is 3. The van der Waals surface area contributed by atoms with Crippen LogP contribution in [-0.2, 0) is 24.2 Å². The maximum absolute atomic E-state index is 13.3. The Kier molecular flexibility index (Phi) is 4.97. The number of aromatic nitrogens is 2. The van der Waals surface area contributed by atoms with Crippen LogP contribution >= 0.6 is 11.3 Å². The highest BCUT2D eigenvalue weighted by Gasteiger charge is 2.28. The summed E-state index contributed by atoms with van der Waals surface area (Å²) >= 11 is 1.60. The second-order valence-corrected chi connectivity index (χ2v) is 8.32. The van der Waals surface area contributed by atoms with Crippen LogP contribution in [0.1, 0.15) is 49.0 Å². The number of thiophene rings is 1. The molecule has 0 spiro atoms. The van der Waals surface area contributed by atoms with Gasteiger partial charge in [-0.15, -0.1) is 11.3 Å². The number of fused-ring (bicyclic) bond motifs is 3. The summed E-state index contributed by atoms with van der Waals surface area (Å²) in [5.41, 5.74) is 0.907. The summed E-state index contributed by atoms with van der Waals surface area (Å²) in [4.78, 5) is 33.7. The molecule has 0 fully saturated rings. The second-order valence-electron chi connectivity index (χ2n) is 7.24. The van der Waals surface area contributed by atoms with Crippen molar-refractivity contribution in [2.75, 3.05) is 14.1 Å². The van der Waals surface area contributed by atoms with Gasteiger partial charge in [0.2, 0.25) is 0 Å². The molecule has 2 aromatic heterocycles. The lowest BCUT2D eigenvalue weighted by Crippen LogP contribution is -2.35. The minimum absolute atomic E-state index is 0.192. The smallest absolute Gasteiger partial charge is 0.326 e. The predicted octanol–water partition coefficient (Wildman–Crippen LogP) is 2.68. The second kappa shape index (κ2) is 6.88. The summed E-state index contributed by atoms with van der Waals surface area (Å²) < 4.78 is 1.41. The predicted molar refractivity (Wildman–Crippen MR) is 99.4 cm³/mol. The van der Waals surface area contributed by atoms with E-state index in [1.165, 1.54) is 9.44 Å². The quantitative estimate of drug-likeness (QED) is 0.884. The molecular weight excluding hydrogens is 338 g/mol. The Morgan fingerprint density at radius 3 is 2.80 bits per heavy atom. The SMILES string of the molecule is CCC(C(=O)O)n1c(CN(C)C)nc2sc3c(c2c1=O)CCC(C)C3. The Labute approximate surface area is 151 Å². The summed E-state index contributed by atoms with van der Waals surface area (Å²) in [5, 5.41) is 10.3. The molecule has 0 bridgehead atoms. The van der Waals surface area contributed by atoms with Crippen molar-refractivity contribution >= 4 is 27.5 Å². The molecule has 2 atom stereocenters. The lowest BCUT2D eigenvalue weighted by atomic mass is 9.89. The fraction of sp³-hybridized carbons (Fsp3) is 0.611. The third-order valence-electron chi connectivity index (χ3n) is 4.88. The van der Waals surface area contributed by atoms with E-state index >= 15 is 0 Å². The lowest BCUT2D eigenvalue weighted by molar-refractivity contribution is -0.141. The number of rotatable bonds is 5. The molecule has 2 unspecified atom stereocenters. The Balaban J connectivity index is 2.29. The Hall–Kier alpha value is -1.73. The standard InChI is InChI=1S/C18H25N3O3S/c1-5-12(18(23)24)21-14(9-20(3)4)19-16-15(17(21)22)11-7-6-10(2)8-13(11)25-16/h10,12H,5-9H2,1-4H3,(H,23,24). The molecule has 6 nitrogen and oxygen atoms in total. The van der Waals surface area contributed by atoms with Gasteiger partial charge < -0.3 is 10.0 Å². The highest BCUT2D eigenvalue weighted by atomic mass is 32.1. The number of carboxylic acid groups (broad SMARTS) is 1. The highest BCUT2D eigenvalue weighted by Crippen LogP contribution is 2.36. The molecule has 0 amide bonds. The zero-order chi connectivity index (χ0) is 18.3. The zero-order valence-electron chi connectivity index (χ0n) is 15.2. The Bertz CT molecular complexity index is 869. The Morgan fingerprint density at radius 1 is 1.48 bits per heavy atom. The van der Waals surface area contributed by atoms with Crippen molar-refractivity contribution in [1.29, 1.82) is 0 Å². The van der Waals surface area contributed by atoms with Crippen molar-refractivity contribution < 1.29 is 9.90 Å². The first-order valence-electron chi connectivity index (χ1n) is 8.76. The summed E-state index contributed by atoms with van der Waals surface area (Å²) in [6, 6.07) is -0.877. The molecule has 2 aromatic rings. The molecule has 136 valence electrons. The molecule has 0 radical (unpaired) electrons. The maximum Gasteiger partial charge on any atom is 0.326 e. The minimum Gasteiger partial charge on any atom is -0.480 e. The van der Waals surface area contributed by atoms with Crippen molar-refractivity contribution in [2.24, 2.45) is 5.92 Å². The van der Waals surface area contributed by atoms with Crippen LogP contribution in [0.3, 0.4) is 0 Å². The summed E-state index contributed by atoms with van der Waals surface area (Å²) in [6.07, 6.45) is 3.28. The number of aryl methyl sites for hydroxylation is 1. The average Bonchev–Trinajstić information content (AvgIpc) is 2.87. The van der Waals surface area contributed by atoms with E-state index in [1.807, 2.05) is 19.0 Å². The van der Waals surface area contributed by atoms with Gasteiger partial charge in [0, 0.05) is 4.88 Å². The van der Waals surface area contributed by atoms with Crippen molar-refractivity contribution in [1.82, 2.24) is 14.5 Å². The largest absolute Gasteiger partial charge is 0.480 e. The van der Waals surface area contributed by atoms with Crippen LogP contribution in [0.25, 0.3) is 10.2 Å². The van der Waals surface area contributed by atoms with Gasteiger partial charge in [0.05, 0.1) is 11.9 Å². The first-order chi connectivity index (χ1) is 11.8. The van der Waals surface area contributed by atoms with Gasteiger partial charge in [0.15, 0.2) is 0 Å². The van der Waals surface area contributed by atoms with Gasteiger partial charge in [-0.1, -0.05) is 13.8 Å². The van der Waals surface area contributed by atoms with E-state index in [4.69, 9.17) is 4.98 Å². The van der Waals surface area contributed by atoms with Crippen LogP contribution < -0.4 is 5.56 Å². The molecule has 0 aromatic carbocycles. The van der Waals surface area contributed by atoms with Gasteiger partial charge in [-0.2, -0.15) is 0 Å². The summed E-state index contributed by atoms with van der Waals surface area (Å²) in [6.45, 7) is 4.46. The highest BCUT2D eigenvalue weighted by molar-refractivity contribution is 7.18. The van der Waals surface area contributed by atoms with Gasteiger partial charge in [0.25, 0.3) is 5.56 Å². The van der Waals surface area contributed by atoms with E-state index < -0.39 is 12.0 Å². The topological polar surface area (TPSA) is 75.4 Å². The zero-order valence-corrected chi connectivity index (χ0v) is 16.0. The average molecular weight is 363 g/mol. The fourth-order valence-corrected chi connectivity index (χ4v) is 5.02. The van der Waals surface area contributed by atoms with E-state index in [2.05, 4.69) is 6.92 Å². The molecule has 7 heteroatoms. The number of aliphatic carboxylic acids is 1. The molecule has 3 rings (SSSR count). The van der Waals surface area contributed by atoms with E-state index in [1.54, 1.807) is 18.3 Å². The van der Waals surface area contributed by atoms with Crippen LogP contribution in [0.4, 0.5) is 0 Å².